The van der Waals surface area contributed by atoms with Gasteiger partial charge in [-0.1, -0.05) is 17.2 Å². The molecule has 3 aromatic rings. The van der Waals surface area contributed by atoms with Crippen molar-refractivity contribution in [3.8, 4) is 11.3 Å². The highest BCUT2D eigenvalue weighted by Gasteiger charge is 2.47. The van der Waals surface area contributed by atoms with Gasteiger partial charge in [0.2, 0.25) is 5.91 Å². The summed E-state index contributed by atoms with van der Waals surface area (Å²) in [5.74, 6) is 0.297. The Morgan fingerprint density at radius 1 is 0.932 bits per heavy atom. The number of aromatic amines is 1. The van der Waals surface area contributed by atoms with Gasteiger partial charge in [0.05, 0.1) is 11.1 Å². The fourth-order valence-corrected chi connectivity index (χ4v) is 8.87. The molecule has 2 bridgehead atoms. The molecule has 0 saturated carbocycles. The number of ether oxygens (including phenoxy) is 1. The molecule has 2 amide bonds. The van der Waals surface area contributed by atoms with Crippen LogP contribution in [0.1, 0.15) is 94.7 Å². The lowest BCUT2D eigenvalue weighted by Gasteiger charge is -2.33. The molecule has 2 aromatic heterocycles. The molecule has 5 heterocycles. The number of nitrogens with zero attached hydrogens (tertiary/aromatic N) is 2. The zero-order valence-corrected chi connectivity index (χ0v) is 28.5. The molecule has 6 rings (SSSR count). The van der Waals surface area contributed by atoms with Gasteiger partial charge in [-0.3, -0.25) is 4.79 Å². The van der Waals surface area contributed by atoms with Crippen molar-refractivity contribution >= 4 is 33.6 Å². The average Bonchev–Trinajstić information content (AvgIpc) is 3.71. The molecule has 3 saturated heterocycles. The molecule has 0 atom stereocenters. The van der Waals surface area contributed by atoms with E-state index in [2.05, 4.69) is 72.1 Å². The van der Waals surface area contributed by atoms with Gasteiger partial charge in [-0.15, -0.1) is 11.3 Å². The molecule has 0 aliphatic carbocycles. The van der Waals surface area contributed by atoms with Gasteiger partial charge in [-0.2, -0.15) is 0 Å². The lowest BCUT2D eigenvalue weighted by Crippen LogP contribution is -2.46. The summed E-state index contributed by atoms with van der Waals surface area (Å²) in [6.45, 7) is 17.1. The normalized spacial score (nSPS) is 21.4. The minimum atomic E-state index is -0.546. The zero-order chi connectivity index (χ0) is 31.4. The van der Waals surface area contributed by atoms with Crippen LogP contribution in [0, 0.1) is 13.8 Å². The minimum absolute atomic E-state index is 0.149. The number of carbonyl (C=O) groups excluding carboxylic acids is 2. The number of piperidine rings is 1. The third kappa shape index (κ3) is 6.30. The van der Waals surface area contributed by atoms with Gasteiger partial charge >= 0.3 is 6.09 Å². The van der Waals surface area contributed by atoms with Gasteiger partial charge in [-0.25, -0.2) is 4.79 Å². The highest BCUT2D eigenvalue weighted by molar-refractivity contribution is 7.19. The Labute approximate surface area is 266 Å². The van der Waals surface area contributed by atoms with E-state index in [9.17, 15) is 9.59 Å². The maximum atomic E-state index is 14.0. The number of alkyl carbamates (subject to hydrolysis) is 1. The molecule has 0 radical (unpaired) electrons. The van der Waals surface area contributed by atoms with Crippen LogP contribution in [-0.2, 0) is 21.4 Å². The fourth-order valence-electron chi connectivity index (χ4n) is 7.68. The second-order valence-electron chi connectivity index (χ2n) is 15.0. The van der Waals surface area contributed by atoms with Gasteiger partial charge in [0.1, 0.15) is 10.4 Å². The lowest BCUT2D eigenvalue weighted by atomic mass is 9.88. The Morgan fingerprint density at radius 3 is 2.14 bits per heavy atom. The Balaban J connectivity index is 1.22. The Bertz CT molecular complexity index is 1500. The number of thiophene rings is 1. The van der Waals surface area contributed by atoms with Gasteiger partial charge in [0.25, 0.3) is 0 Å². The first-order valence-electron chi connectivity index (χ1n) is 16.6. The quantitative estimate of drug-likeness (QED) is 0.288. The summed E-state index contributed by atoms with van der Waals surface area (Å²) in [4.78, 5) is 37.1. The number of amides is 2. The highest BCUT2D eigenvalue weighted by Crippen LogP contribution is 2.44. The number of rotatable bonds is 7. The van der Waals surface area contributed by atoms with Crippen LogP contribution in [0.4, 0.5) is 4.79 Å². The second kappa shape index (κ2) is 11.8. The molecule has 3 aliphatic rings. The standard InChI is InChI=1S/C36H50N4O3S/c1-22-18-23(2)20-24(19-22)31-28(14-17-39-15-12-25(13-16-39)37-34(42)43-35(3,4)5)29-21-30(44-32(29)38-31)36(6,7)33(41)40-26-8-9-27(40)11-10-26/h18-21,25-27,38H,8-17H2,1-7H3,(H,37,42). The third-order valence-corrected chi connectivity index (χ3v) is 11.3. The molecule has 7 nitrogen and oxygen atoms in total. The predicted octanol–water partition coefficient (Wildman–Crippen LogP) is 7.48. The van der Waals surface area contributed by atoms with E-state index in [1.54, 1.807) is 11.3 Å². The molecule has 8 heteroatoms. The SMILES string of the molecule is Cc1cc(C)cc(-c2[nH]c3sc(C(C)(C)C(=O)N4C5CCC4CC5)cc3c2CCN2CCC(NC(=O)OC(C)(C)C)CC2)c1. The summed E-state index contributed by atoms with van der Waals surface area (Å²) in [6, 6.07) is 10.1. The summed E-state index contributed by atoms with van der Waals surface area (Å²) < 4.78 is 5.47. The summed E-state index contributed by atoms with van der Waals surface area (Å²) >= 11 is 1.75. The van der Waals surface area contributed by atoms with Crippen molar-refractivity contribution in [3.05, 3.63) is 45.8 Å². The smallest absolute Gasteiger partial charge is 0.407 e. The van der Waals surface area contributed by atoms with Crippen LogP contribution in [0.3, 0.4) is 0 Å². The van der Waals surface area contributed by atoms with E-state index in [4.69, 9.17) is 4.74 Å². The van der Waals surface area contributed by atoms with E-state index in [-0.39, 0.29) is 12.1 Å². The van der Waals surface area contributed by atoms with Crippen LogP contribution in [0.5, 0.6) is 0 Å². The number of benzene rings is 1. The Morgan fingerprint density at radius 2 is 1.55 bits per heavy atom. The van der Waals surface area contributed by atoms with Crippen LogP contribution in [-0.4, -0.2) is 70.1 Å². The summed E-state index contributed by atoms with van der Waals surface area (Å²) in [5.41, 5.74) is 5.26. The van der Waals surface area contributed by atoms with Gasteiger partial charge < -0.3 is 24.8 Å². The number of aryl methyl sites for hydroxylation is 2. The van der Waals surface area contributed by atoms with Crippen molar-refractivity contribution in [2.24, 2.45) is 0 Å². The lowest BCUT2D eigenvalue weighted by molar-refractivity contribution is -0.137. The number of fused-ring (bicyclic) bond motifs is 3. The second-order valence-corrected chi connectivity index (χ2v) is 16.1. The van der Waals surface area contributed by atoms with E-state index < -0.39 is 11.0 Å². The van der Waals surface area contributed by atoms with Crippen molar-refractivity contribution in [2.45, 2.75) is 123 Å². The largest absolute Gasteiger partial charge is 0.444 e. The number of hydrogen-bond donors (Lipinski definition) is 2. The van der Waals surface area contributed by atoms with Crippen molar-refractivity contribution in [1.82, 2.24) is 20.1 Å². The van der Waals surface area contributed by atoms with Crippen LogP contribution in [0.15, 0.2) is 24.3 Å². The highest BCUT2D eigenvalue weighted by atomic mass is 32.1. The number of hydrogen-bond acceptors (Lipinski definition) is 5. The number of H-pyrrole nitrogens is 1. The van der Waals surface area contributed by atoms with Crippen molar-refractivity contribution in [1.29, 1.82) is 0 Å². The summed E-state index contributed by atoms with van der Waals surface area (Å²) in [6.07, 6.45) is 7.09. The van der Waals surface area contributed by atoms with Crippen molar-refractivity contribution in [2.75, 3.05) is 19.6 Å². The first-order chi connectivity index (χ1) is 20.8. The molecule has 3 aliphatic heterocycles. The van der Waals surface area contributed by atoms with Gasteiger partial charge in [0.15, 0.2) is 0 Å². The first-order valence-corrected chi connectivity index (χ1v) is 17.4. The number of carbonyl (C=O) groups is 2. The van der Waals surface area contributed by atoms with E-state index >= 15 is 0 Å². The Kier molecular flexibility index (Phi) is 8.37. The molecular formula is C36H50N4O3S. The topological polar surface area (TPSA) is 77.7 Å². The summed E-state index contributed by atoms with van der Waals surface area (Å²) in [5, 5.41) is 4.32. The third-order valence-electron chi connectivity index (χ3n) is 9.93. The van der Waals surface area contributed by atoms with E-state index in [1.807, 2.05) is 20.8 Å². The molecule has 2 N–H and O–H groups in total. The number of aromatic nitrogens is 1. The maximum absolute atomic E-state index is 14.0. The average molecular weight is 619 g/mol. The molecule has 44 heavy (non-hydrogen) atoms. The first kappa shape index (κ1) is 31.2. The monoisotopic (exact) mass is 618 g/mol. The van der Waals surface area contributed by atoms with Crippen LogP contribution >= 0.6 is 11.3 Å². The van der Waals surface area contributed by atoms with E-state index in [0.717, 1.165) is 74.3 Å². The van der Waals surface area contributed by atoms with E-state index in [1.165, 1.54) is 33.3 Å². The van der Waals surface area contributed by atoms with Crippen LogP contribution in [0.25, 0.3) is 21.5 Å². The molecular weight excluding hydrogens is 568 g/mol. The molecule has 238 valence electrons. The number of likely N-dealkylation sites (tertiary alicyclic amines) is 1. The molecule has 1 aromatic carbocycles. The molecule has 0 spiro atoms. The maximum Gasteiger partial charge on any atom is 0.407 e. The van der Waals surface area contributed by atoms with Crippen molar-refractivity contribution < 1.29 is 14.3 Å². The zero-order valence-electron chi connectivity index (χ0n) is 27.6. The van der Waals surface area contributed by atoms with E-state index in [0.29, 0.717) is 18.0 Å². The van der Waals surface area contributed by atoms with Gasteiger partial charge in [-0.05, 0) is 123 Å². The molecule has 3 fully saturated rings. The van der Waals surface area contributed by atoms with Crippen molar-refractivity contribution in [3.63, 3.8) is 0 Å². The Hall–Kier alpha value is -2.84. The molecule has 0 unspecified atom stereocenters. The van der Waals surface area contributed by atoms with Gasteiger partial charge in [0, 0.05) is 48.0 Å². The minimum Gasteiger partial charge on any atom is -0.444 e. The van der Waals surface area contributed by atoms with Crippen LogP contribution < -0.4 is 5.32 Å². The predicted molar refractivity (Wildman–Crippen MR) is 180 cm³/mol. The van der Waals surface area contributed by atoms with Crippen LogP contribution in [0.2, 0.25) is 0 Å². The fraction of sp³-hybridized carbons (Fsp3) is 0.611. The summed E-state index contributed by atoms with van der Waals surface area (Å²) in [7, 11) is 0. The number of nitrogens with one attached hydrogen (secondary N) is 2.